The summed E-state index contributed by atoms with van der Waals surface area (Å²) in [6, 6.07) is 12.0. The first-order valence-electron chi connectivity index (χ1n) is 7.63. The Morgan fingerprint density at radius 2 is 1.64 bits per heavy atom. The van der Waals surface area contributed by atoms with E-state index in [1.54, 1.807) is 6.07 Å². The lowest BCUT2D eigenvalue weighted by Crippen LogP contribution is -2.13. The number of amides is 1. The van der Waals surface area contributed by atoms with Crippen LogP contribution >= 0.6 is 0 Å². The Hall–Kier alpha value is -2.29. The van der Waals surface area contributed by atoms with Gasteiger partial charge in [-0.25, -0.2) is 0 Å². The van der Waals surface area contributed by atoms with Gasteiger partial charge in [0.2, 0.25) is 5.91 Å². The minimum absolute atomic E-state index is 0.404. The highest BCUT2D eigenvalue weighted by molar-refractivity contribution is 5.94. The van der Waals surface area contributed by atoms with Crippen LogP contribution in [0.15, 0.2) is 36.4 Å². The molecule has 0 bridgehead atoms. The van der Waals surface area contributed by atoms with Gasteiger partial charge in [0, 0.05) is 5.56 Å². The Morgan fingerprint density at radius 3 is 2.23 bits per heavy atom. The molecule has 0 heterocycles. The van der Waals surface area contributed by atoms with Gasteiger partial charge in [-0.15, -0.1) is 0 Å². The summed E-state index contributed by atoms with van der Waals surface area (Å²) in [5, 5.41) is 0. The van der Waals surface area contributed by atoms with Crippen LogP contribution in [0.2, 0.25) is 0 Å². The Bertz CT molecular complexity index is 660. The number of ether oxygens (including phenoxy) is 1. The number of hydrogen-bond donors (Lipinski definition) is 1. The van der Waals surface area contributed by atoms with Crippen molar-refractivity contribution in [3.8, 4) is 5.75 Å². The van der Waals surface area contributed by atoms with Crippen molar-refractivity contribution in [2.45, 2.75) is 40.2 Å². The molecule has 2 aromatic rings. The van der Waals surface area contributed by atoms with Crippen LogP contribution in [0.4, 0.5) is 0 Å². The van der Waals surface area contributed by atoms with Crippen LogP contribution in [0.5, 0.6) is 5.75 Å². The van der Waals surface area contributed by atoms with Crippen LogP contribution in [0.25, 0.3) is 0 Å². The Labute approximate surface area is 132 Å². The second-order valence-electron chi connectivity index (χ2n) is 5.58. The molecular weight excluding hydrogens is 274 g/mol. The fraction of sp³-hybridized carbons (Fsp3) is 0.316. The van der Waals surface area contributed by atoms with E-state index in [4.69, 9.17) is 10.5 Å². The SMILES string of the molecule is CCCc1ccc(COc2ccc(C(N)=O)c(C)c2C)cc1. The predicted octanol–water partition coefficient (Wildman–Crippen LogP) is 3.93. The number of aryl methyl sites for hydroxylation is 1. The number of primary amides is 1. The summed E-state index contributed by atoms with van der Waals surface area (Å²) in [5.74, 6) is 0.388. The quantitative estimate of drug-likeness (QED) is 0.878. The van der Waals surface area contributed by atoms with Crippen molar-refractivity contribution in [2.75, 3.05) is 0 Å². The van der Waals surface area contributed by atoms with Gasteiger partial charge < -0.3 is 10.5 Å². The number of carbonyl (C=O) groups is 1. The molecule has 0 saturated carbocycles. The molecule has 3 nitrogen and oxygen atoms in total. The molecule has 22 heavy (non-hydrogen) atoms. The normalized spacial score (nSPS) is 10.5. The first-order valence-corrected chi connectivity index (χ1v) is 7.63. The molecule has 0 aromatic heterocycles. The fourth-order valence-electron chi connectivity index (χ4n) is 2.47. The zero-order valence-electron chi connectivity index (χ0n) is 13.5. The number of benzene rings is 2. The highest BCUT2D eigenvalue weighted by atomic mass is 16.5. The van der Waals surface area contributed by atoms with Gasteiger partial charge >= 0.3 is 0 Å². The second kappa shape index (κ2) is 7.12. The van der Waals surface area contributed by atoms with Crippen molar-refractivity contribution in [3.05, 3.63) is 64.2 Å². The third-order valence-electron chi connectivity index (χ3n) is 3.96. The highest BCUT2D eigenvalue weighted by Crippen LogP contribution is 2.25. The van der Waals surface area contributed by atoms with Crippen LogP contribution in [0.3, 0.4) is 0 Å². The molecule has 0 aliphatic carbocycles. The van der Waals surface area contributed by atoms with Crippen molar-refractivity contribution in [1.29, 1.82) is 0 Å². The van der Waals surface area contributed by atoms with Crippen molar-refractivity contribution in [2.24, 2.45) is 5.73 Å². The van der Waals surface area contributed by atoms with Crippen molar-refractivity contribution in [3.63, 3.8) is 0 Å². The molecule has 2 N–H and O–H groups in total. The molecule has 0 fully saturated rings. The van der Waals surface area contributed by atoms with E-state index in [2.05, 4.69) is 31.2 Å². The first-order chi connectivity index (χ1) is 10.5. The van der Waals surface area contributed by atoms with Crippen LogP contribution in [-0.2, 0) is 13.0 Å². The highest BCUT2D eigenvalue weighted by Gasteiger charge is 2.11. The zero-order valence-corrected chi connectivity index (χ0v) is 13.5. The first kappa shape index (κ1) is 16.1. The molecule has 0 saturated heterocycles. The van der Waals surface area contributed by atoms with Crippen molar-refractivity contribution < 1.29 is 9.53 Å². The average Bonchev–Trinajstić information content (AvgIpc) is 2.50. The molecule has 0 atom stereocenters. The number of nitrogens with two attached hydrogens (primary N) is 1. The summed E-state index contributed by atoms with van der Waals surface area (Å²) in [5.41, 5.74) is 10.2. The van der Waals surface area contributed by atoms with E-state index >= 15 is 0 Å². The summed E-state index contributed by atoms with van der Waals surface area (Å²) in [6.07, 6.45) is 2.26. The van der Waals surface area contributed by atoms with Crippen molar-refractivity contribution in [1.82, 2.24) is 0 Å². The maximum atomic E-state index is 11.3. The number of carbonyl (C=O) groups excluding carboxylic acids is 1. The van der Waals surface area contributed by atoms with E-state index < -0.39 is 5.91 Å². The molecule has 2 rings (SSSR count). The monoisotopic (exact) mass is 297 g/mol. The van der Waals surface area contributed by atoms with Crippen LogP contribution in [0, 0.1) is 13.8 Å². The van der Waals surface area contributed by atoms with Gasteiger partial charge in [-0.3, -0.25) is 4.79 Å². The lowest BCUT2D eigenvalue weighted by Gasteiger charge is -2.13. The van der Waals surface area contributed by atoms with E-state index in [0.29, 0.717) is 12.2 Å². The standard InChI is InChI=1S/C19H23NO2/c1-4-5-15-6-8-16(9-7-15)12-22-18-11-10-17(19(20)21)13(2)14(18)3/h6-11H,4-5,12H2,1-3H3,(H2,20,21). The molecule has 0 unspecified atom stereocenters. The zero-order chi connectivity index (χ0) is 16.1. The van der Waals surface area contributed by atoms with E-state index in [1.165, 1.54) is 5.56 Å². The predicted molar refractivity (Wildman–Crippen MR) is 89.2 cm³/mol. The minimum atomic E-state index is -0.404. The van der Waals surface area contributed by atoms with Gasteiger partial charge in [-0.1, -0.05) is 37.6 Å². The third kappa shape index (κ3) is 3.67. The summed E-state index contributed by atoms with van der Waals surface area (Å²) in [6.45, 7) is 6.53. The van der Waals surface area contributed by atoms with Gasteiger partial charge in [-0.05, 0) is 54.7 Å². The molecule has 3 heteroatoms. The summed E-state index contributed by atoms with van der Waals surface area (Å²) >= 11 is 0. The topological polar surface area (TPSA) is 52.3 Å². The molecule has 1 amide bonds. The van der Waals surface area contributed by atoms with Gasteiger partial charge in [0.15, 0.2) is 0 Å². The Morgan fingerprint density at radius 1 is 1.00 bits per heavy atom. The molecule has 0 aliphatic rings. The fourth-order valence-corrected chi connectivity index (χ4v) is 2.47. The molecule has 0 radical (unpaired) electrons. The van der Waals surface area contributed by atoms with Crippen LogP contribution < -0.4 is 10.5 Å². The molecule has 116 valence electrons. The van der Waals surface area contributed by atoms with E-state index in [9.17, 15) is 4.79 Å². The van der Waals surface area contributed by atoms with Gasteiger partial charge in [-0.2, -0.15) is 0 Å². The maximum Gasteiger partial charge on any atom is 0.248 e. The van der Waals surface area contributed by atoms with Gasteiger partial charge in [0.05, 0.1) is 0 Å². The molecule has 2 aromatic carbocycles. The lowest BCUT2D eigenvalue weighted by atomic mass is 10.0. The van der Waals surface area contributed by atoms with E-state index in [-0.39, 0.29) is 0 Å². The smallest absolute Gasteiger partial charge is 0.248 e. The molecule has 0 spiro atoms. The van der Waals surface area contributed by atoms with Crippen molar-refractivity contribution >= 4 is 5.91 Å². The third-order valence-corrected chi connectivity index (χ3v) is 3.96. The van der Waals surface area contributed by atoms with Gasteiger partial charge in [0.25, 0.3) is 0 Å². The summed E-state index contributed by atoms with van der Waals surface area (Å²) in [7, 11) is 0. The van der Waals surface area contributed by atoms with Gasteiger partial charge in [0.1, 0.15) is 12.4 Å². The largest absolute Gasteiger partial charge is 0.489 e. The lowest BCUT2D eigenvalue weighted by molar-refractivity contribution is 0.0999. The molecule has 0 aliphatic heterocycles. The average molecular weight is 297 g/mol. The van der Waals surface area contributed by atoms with E-state index in [0.717, 1.165) is 35.3 Å². The minimum Gasteiger partial charge on any atom is -0.489 e. The Kier molecular flexibility index (Phi) is 5.21. The summed E-state index contributed by atoms with van der Waals surface area (Å²) < 4.78 is 5.89. The van der Waals surface area contributed by atoms with Crippen LogP contribution in [-0.4, -0.2) is 5.91 Å². The van der Waals surface area contributed by atoms with Crippen LogP contribution in [0.1, 0.15) is 46.0 Å². The Balaban J connectivity index is 2.08. The summed E-state index contributed by atoms with van der Waals surface area (Å²) in [4.78, 5) is 11.3. The van der Waals surface area contributed by atoms with E-state index in [1.807, 2.05) is 19.9 Å². The number of hydrogen-bond acceptors (Lipinski definition) is 2. The maximum absolute atomic E-state index is 11.3. The second-order valence-corrected chi connectivity index (χ2v) is 5.58. The molecular formula is C19H23NO2. The number of rotatable bonds is 6.